The predicted octanol–water partition coefficient (Wildman–Crippen LogP) is 0.892. The van der Waals surface area contributed by atoms with Crippen LogP contribution in [-0.2, 0) is 14.3 Å². The number of amides is 3. The van der Waals surface area contributed by atoms with Gasteiger partial charge in [0.1, 0.15) is 18.5 Å². The quantitative estimate of drug-likeness (QED) is 0.827. The third kappa shape index (κ3) is 2.99. The molecule has 3 rings (SSSR count). The van der Waals surface area contributed by atoms with Crippen molar-refractivity contribution in [3.05, 3.63) is 18.2 Å². The number of ether oxygens (including phenoxy) is 2. The lowest BCUT2D eigenvalue weighted by Crippen LogP contribution is -2.40. The third-order valence-electron chi connectivity index (χ3n) is 4.05. The number of hydrogen-bond donors (Lipinski definition) is 1. The maximum atomic E-state index is 12.1. The molecule has 1 aromatic carbocycles. The predicted molar refractivity (Wildman–Crippen MR) is 86.2 cm³/mol. The first-order valence-electron chi connectivity index (χ1n) is 7.72. The van der Waals surface area contributed by atoms with Crippen molar-refractivity contribution in [2.45, 2.75) is 26.0 Å². The third-order valence-corrected chi connectivity index (χ3v) is 4.05. The van der Waals surface area contributed by atoms with Crippen LogP contribution in [-0.4, -0.2) is 50.3 Å². The van der Waals surface area contributed by atoms with Gasteiger partial charge in [-0.25, -0.2) is 4.79 Å². The van der Waals surface area contributed by atoms with Gasteiger partial charge in [-0.05, 0) is 19.1 Å². The second kappa shape index (κ2) is 6.38. The molecule has 0 bridgehead atoms. The van der Waals surface area contributed by atoms with E-state index in [9.17, 15) is 14.4 Å². The van der Waals surface area contributed by atoms with Crippen LogP contribution in [0.3, 0.4) is 0 Å². The van der Waals surface area contributed by atoms with Crippen LogP contribution in [0.4, 0.5) is 16.2 Å². The lowest BCUT2D eigenvalue weighted by molar-refractivity contribution is -0.119. The fraction of sp³-hybridized carbons (Fsp3) is 0.438. The van der Waals surface area contributed by atoms with Gasteiger partial charge in [0.05, 0.1) is 30.5 Å². The van der Waals surface area contributed by atoms with Crippen LogP contribution in [0.1, 0.15) is 13.8 Å². The zero-order valence-corrected chi connectivity index (χ0v) is 13.5. The second-order valence-corrected chi connectivity index (χ2v) is 5.88. The second-order valence-electron chi connectivity index (χ2n) is 5.88. The van der Waals surface area contributed by atoms with Gasteiger partial charge in [-0.15, -0.1) is 0 Å². The number of benzene rings is 1. The summed E-state index contributed by atoms with van der Waals surface area (Å²) in [5.74, 6) is 0.380. The molecule has 3 amide bonds. The molecule has 0 radical (unpaired) electrons. The highest BCUT2D eigenvalue weighted by atomic mass is 16.6. The van der Waals surface area contributed by atoms with Gasteiger partial charge in [-0.1, -0.05) is 0 Å². The summed E-state index contributed by atoms with van der Waals surface area (Å²) in [6.45, 7) is 4.32. The molecule has 0 saturated carbocycles. The molecule has 0 unspecified atom stereocenters. The molecule has 2 aliphatic rings. The van der Waals surface area contributed by atoms with Gasteiger partial charge in [-0.2, -0.15) is 0 Å². The topological polar surface area (TPSA) is 88.2 Å². The number of anilines is 2. The van der Waals surface area contributed by atoms with Gasteiger partial charge in [0, 0.05) is 13.0 Å². The Balaban J connectivity index is 1.77. The number of carbonyl (C=O) groups is 3. The van der Waals surface area contributed by atoms with Crippen LogP contribution >= 0.6 is 0 Å². The largest absolute Gasteiger partial charge is 0.489 e. The Kier molecular flexibility index (Phi) is 4.28. The molecule has 128 valence electrons. The number of rotatable bonds is 4. The fourth-order valence-corrected chi connectivity index (χ4v) is 2.78. The summed E-state index contributed by atoms with van der Waals surface area (Å²) < 4.78 is 10.9. The number of fused-ring (bicyclic) bond motifs is 1. The summed E-state index contributed by atoms with van der Waals surface area (Å²) >= 11 is 0. The molecule has 0 aliphatic carbocycles. The van der Waals surface area contributed by atoms with Gasteiger partial charge in [0.15, 0.2) is 0 Å². The smallest absolute Gasteiger partial charge is 0.414 e. The van der Waals surface area contributed by atoms with Crippen molar-refractivity contribution in [1.82, 2.24) is 5.32 Å². The SMILES string of the molecule is CC(=O)NC[C@H]1CN(c2ccc3c(c2)OC[C@@H](C)N3C=O)C(=O)O1. The van der Waals surface area contributed by atoms with Crippen molar-refractivity contribution >= 4 is 29.8 Å². The number of nitrogens with zero attached hydrogens (tertiary/aromatic N) is 2. The summed E-state index contributed by atoms with van der Waals surface area (Å²) in [7, 11) is 0. The van der Waals surface area contributed by atoms with E-state index in [1.807, 2.05) is 6.92 Å². The molecule has 8 nitrogen and oxygen atoms in total. The molecule has 1 aromatic rings. The average Bonchev–Trinajstić information content (AvgIpc) is 2.93. The fourth-order valence-electron chi connectivity index (χ4n) is 2.78. The molecule has 24 heavy (non-hydrogen) atoms. The van der Waals surface area contributed by atoms with Crippen molar-refractivity contribution in [2.75, 3.05) is 29.5 Å². The Morgan fingerprint density at radius 3 is 2.96 bits per heavy atom. The Morgan fingerprint density at radius 2 is 2.25 bits per heavy atom. The van der Waals surface area contributed by atoms with Crippen LogP contribution in [0.15, 0.2) is 18.2 Å². The molecule has 0 spiro atoms. The Bertz CT molecular complexity index is 678. The van der Waals surface area contributed by atoms with E-state index in [4.69, 9.17) is 9.47 Å². The minimum atomic E-state index is -0.471. The monoisotopic (exact) mass is 333 g/mol. The van der Waals surface area contributed by atoms with E-state index in [1.54, 1.807) is 23.1 Å². The summed E-state index contributed by atoms with van der Waals surface area (Å²) in [5.41, 5.74) is 1.30. The van der Waals surface area contributed by atoms with Crippen LogP contribution in [0.25, 0.3) is 0 Å². The van der Waals surface area contributed by atoms with Crippen LogP contribution in [0.5, 0.6) is 5.75 Å². The van der Waals surface area contributed by atoms with Crippen molar-refractivity contribution in [1.29, 1.82) is 0 Å². The molecular formula is C16H19N3O5. The van der Waals surface area contributed by atoms with E-state index in [0.717, 1.165) is 6.41 Å². The molecule has 1 N–H and O–H groups in total. The molecule has 8 heteroatoms. The average molecular weight is 333 g/mol. The highest BCUT2D eigenvalue weighted by Crippen LogP contribution is 2.37. The van der Waals surface area contributed by atoms with Crippen molar-refractivity contribution in [2.24, 2.45) is 0 Å². The van der Waals surface area contributed by atoms with Gasteiger partial charge < -0.3 is 19.7 Å². The first kappa shape index (κ1) is 16.1. The molecule has 2 aliphatic heterocycles. The maximum absolute atomic E-state index is 12.1. The first-order valence-corrected chi connectivity index (χ1v) is 7.72. The molecule has 2 heterocycles. The number of cyclic esters (lactones) is 1. The van der Waals surface area contributed by atoms with Crippen molar-refractivity contribution < 1.29 is 23.9 Å². The van der Waals surface area contributed by atoms with E-state index in [-0.39, 0.29) is 18.5 Å². The van der Waals surface area contributed by atoms with E-state index >= 15 is 0 Å². The minimum Gasteiger partial charge on any atom is -0.489 e. The number of nitrogens with one attached hydrogen (secondary N) is 1. The lowest BCUT2D eigenvalue weighted by Gasteiger charge is -2.32. The Hall–Kier alpha value is -2.77. The highest BCUT2D eigenvalue weighted by molar-refractivity contribution is 5.91. The van der Waals surface area contributed by atoms with E-state index in [0.29, 0.717) is 30.3 Å². The number of hydrogen-bond acceptors (Lipinski definition) is 5. The molecule has 1 saturated heterocycles. The standard InChI is InChI=1S/C16H19N3O5/c1-10-8-23-15-5-12(3-4-14(15)19(10)9-20)18-7-13(24-16(18)22)6-17-11(2)21/h3-5,9-10,13H,6-8H2,1-2H3,(H,17,21)/t10-,13+/m1/s1. The van der Waals surface area contributed by atoms with Gasteiger partial charge in [-0.3, -0.25) is 14.5 Å². The van der Waals surface area contributed by atoms with Crippen LogP contribution in [0.2, 0.25) is 0 Å². The highest BCUT2D eigenvalue weighted by Gasteiger charge is 2.33. The Labute approximate surface area is 139 Å². The van der Waals surface area contributed by atoms with Crippen molar-refractivity contribution in [3.63, 3.8) is 0 Å². The molecule has 2 atom stereocenters. The van der Waals surface area contributed by atoms with E-state index < -0.39 is 12.2 Å². The molecule has 0 aromatic heterocycles. The zero-order valence-electron chi connectivity index (χ0n) is 13.5. The van der Waals surface area contributed by atoms with Crippen LogP contribution < -0.4 is 19.9 Å². The van der Waals surface area contributed by atoms with Crippen molar-refractivity contribution in [3.8, 4) is 5.75 Å². The summed E-state index contributed by atoms with van der Waals surface area (Å²) in [4.78, 5) is 37.4. The normalized spacial score (nSPS) is 22.5. The van der Waals surface area contributed by atoms with Gasteiger partial charge in [0.2, 0.25) is 12.3 Å². The summed E-state index contributed by atoms with van der Waals surface area (Å²) in [6.07, 6.45) is -0.0919. The number of carbonyl (C=O) groups excluding carboxylic acids is 3. The van der Waals surface area contributed by atoms with E-state index in [1.165, 1.54) is 11.8 Å². The van der Waals surface area contributed by atoms with Crippen LogP contribution in [0, 0.1) is 0 Å². The zero-order chi connectivity index (χ0) is 17.3. The summed E-state index contributed by atoms with van der Waals surface area (Å²) in [5, 5.41) is 2.64. The molecular weight excluding hydrogens is 314 g/mol. The van der Waals surface area contributed by atoms with Gasteiger partial charge in [0.25, 0.3) is 0 Å². The Morgan fingerprint density at radius 1 is 1.46 bits per heavy atom. The van der Waals surface area contributed by atoms with E-state index in [2.05, 4.69) is 5.32 Å². The minimum absolute atomic E-state index is 0.0420. The summed E-state index contributed by atoms with van der Waals surface area (Å²) in [6, 6.07) is 5.18. The lowest BCUT2D eigenvalue weighted by atomic mass is 10.1. The molecule has 1 fully saturated rings. The maximum Gasteiger partial charge on any atom is 0.414 e. The first-order chi connectivity index (χ1) is 11.5. The van der Waals surface area contributed by atoms with Gasteiger partial charge >= 0.3 is 6.09 Å².